The normalized spacial score (nSPS) is 17.8. The fourth-order valence-corrected chi connectivity index (χ4v) is 4.57. The van der Waals surface area contributed by atoms with Crippen molar-refractivity contribution in [2.24, 2.45) is 4.99 Å². The molecular formula is C28H25N5O3. The quantitative estimate of drug-likeness (QED) is 0.463. The molecule has 0 bridgehead atoms. The van der Waals surface area contributed by atoms with Crippen LogP contribution in [0.4, 0.5) is 11.7 Å². The van der Waals surface area contributed by atoms with E-state index in [1.807, 2.05) is 72.8 Å². The molecule has 4 aromatic rings. The predicted octanol–water partition coefficient (Wildman–Crippen LogP) is 3.97. The average Bonchev–Trinajstić information content (AvgIpc) is 3.36. The van der Waals surface area contributed by atoms with Crippen molar-refractivity contribution in [2.75, 3.05) is 36.5 Å². The minimum atomic E-state index is -0.847. The Bertz CT molecular complexity index is 1410. The van der Waals surface area contributed by atoms with E-state index in [2.05, 4.69) is 26.5 Å². The van der Waals surface area contributed by atoms with Crippen molar-refractivity contribution >= 4 is 23.2 Å². The molecule has 0 radical (unpaired) electrons. The molecule has 1 saturated heterocycles. The summed E-state index contributed by atoms with van der Waals surface area (Å²) in [6.07, 6.45) is -0.586. The van der Waals surface area contributed by atoms with Gasteiger partial charge in [0, 0.05) is 41.9 Å². The number of nitrogens with zero attached hydrogens (tertiary/aromatic N) is 4. The number of nitrogens with one attached hydrogen (secondary N) is 1. The fourth-order valence-electron chi connectivity index (χ4n) is 4.57. The van der Waals surface area contributed by atoms with Crippen LogP contribution in [0.2, 0.25) is 0 Å². The molecule has 3 aromatic carbocycles. The molecule has 2 aliphatic heterocycles. The molecule has 1 N–H and O–H groups in total. The van der Waals surface area contributed by atoms with Crippen molar-refractivity contribution in [3.05, 3.63) is 95.6 Å². The van der Waals surface area contributed by atoms with Crippen LogP contribution in [-0.4, -0.2) is 54.2 Å². The van der Waals surface area contributed by atoms with E-state index in [1.54, 1.807) is 0 Å². The summed E-state index contributed by atoms with van der Waals surface area (Å²) in [5.74, 6) is 0.312. The van der Waals surface area contributed by atoms with Crippen LogP contribution in [-0.2, 0) is 16.0 Å². The summed E-state index contributed by atoms with van der Waals surface area (Å²) in [7, 11) is 0. The minimum Gasteiger partial charge on any atom is -0.403 e. The molecule has 2 aliphatic rings. The molecular weight excluding hydrogens is 454 g/mol. The van der Waals surface area contributed by atoms with Crippen LogP contribution in [0.3, 0.4) is 0 Å². The zero-order valence-corrected chi connectivity index (χ0v) is 19.6. The van der Waals surface area contributed by atoms with E-state index in [4.69, 9.17) is 14.1 Å². The number of carbonyl (C=O) groups excluding carboxylic acids is 1. The van der Waals surface area contributed by atoms with Crippen LogP contribution in [0, 0.1) is 0 Å². The third kappa shape index (κ3) is 4.50. The highest BCUT2D eigenvalue weighted by molar-refractivity contribution is 6.16. The van der Waals surface area contributed by atoms with E-state index in [0.29, 0.717) is 19.1 Å². The van der Waals surface area contributed by atoms with E-state index in [9.17, 15) is 4.79 Å². The van der Waals surface area contributed by atoms with Crippen molar-refractivity contribution in [1.29, 1.82) is 0 Å². The van der Waals surface area contributed by atoms with Gasteiger partial charge in [-0.15, -0.1) is 5.10 Å². The number of ketones is 1. The third-order valence-electron chi connectivity index (χ3n) is 6.40. The molecule has 8 nitrogen and oxygen atoms in total. The van der Waals surface area contributed by atoms with Gasteiger partial charge in [-0.1, -0.05) is 65.8 Å². The van der Waals surface area contributed by atoms with Crippen LogP contribution in [0.5, 0.6) is 0 Å². The number of morpholine rings is 1. The Labute approximate surface area is 208 Å². The number of aromatic nitrogens is 2. The van der Waals surface area contributed by atoms with Crippen molar-refractivity contribution in [3.8, 4) is 11.5 Å². The molecule has 6 rings (SSSR count). The van der Waals surface area contributed by atoms with Gasteiger partial charge in [-0.05, 0) is 23.8 Å². The molecule has 0 saturated carbocycles. The maximum Gasteiger partial charge on any atom is 0.317 e. The standard InChI is InChI=1S/C28H25N5O3/c34-24-18-20-9-4-5-12-23(20)25(19-7-2-1-3-8-19)29-26(24)30-28-32-31-27(36-28)21-10-6-11-22(17-21)33-13-15-35-16-14-33/h1-12,17,26H,13-16,18H2,(H,30,32). The molecule has 0 spiro atoms. The topological polar surface area (TPSA) is 92.9 Å². The monoisotopic (exact) mass is 479 g/mol. The van der Waals surface area contributed by atoms with Gasteiger partial charge in [0.1, 0.15) is 0 Å². The number of anilines is 2. The zero-order chi connectivity index (χ0) is 24.3. The van der Waals surface area contributed by atoms with Crippen LogP contribution in [0.15, 0.2) is 88.3 Å². The van der Waals surface area contributed by atoms with Crippen LogP contribution in [0.25, 0.3) is 11.5 Å². The summed E-state index contributed by atoms with van der Waals surface area (Å²) in [6, 6.07) is 25.9. The number of fused-ring (bicyclic) bond motifs is 1. The fraction of sp³-hybridized carbons (Fsp3) is 0.214. The Morgan fingerprint density at radius 3 is 2.50 bits per heavy atom. The Morgan fingerprint density at radius 1 is 0.861 bits per heavy atom. The lowest BCUT2D eigenvalue weighted by Crippen LogP contribution is -2.36. The second kappa shape index (κ2) is 9.75. The highest BCUT2D eigenvalue weighted by atomic mass is 16.5. The van der Waals surface area contributed by atoms with Crippen molar-refractivity contribution < 1.29 is 13.9 Å². The van der Waals surface area contributed by atoms with Crippen LogP contribution >= 0.6 is 0 Å². The van der Waals surface area contributed by atoms with E-state index in [-0.39, 0.29) is 18.2 Å². The van der Waals surface area contributed by atoms with Gasteiger partial charge in [-0.3, -0.25) is 9.79 Å². The smallest absolute Gasteiger partial charge is 0.317 e. The predicted molar refractivity (Wildman–Crippen MR) is 137 cm³/mol. The van der Waals surface area contributed by atoms with E-state index in [0.717, 1.165) is 46.7 Å². The molecule has 36 heavy (non-hydrogen) atoms. The lowest BCUT2D eigenvalue weighted by Gasteiger charge is -2.29. The first-order valence-electron chi connectivity index (χ1n) is 12.0. The van der Waals surface area contributed by atoms with Gasteiger partial charge in [-0.2, -0.15) is 0 Å². The lowest BCUT2D eigenvalue weighted by atomic mass is 9.96. The Morgan fingerprint density at radius 2 is 1.64 bits per heavy atom. The summed E-state index contributed by atoms with van der Waals surface area (Å²) in [5.41, 5.74) is 5.49. The van der Waals surface area contributed by atoms with Gasteiger partial charge in [0.15, 0.2) is 11.9 Å². The molecule has 0 aliphatic carbocycles. The highest BCUT2D eigenvalue weighted by Gasteiger charge is 2.27. The van der Waals surface area contributed by atoms with Crippen molar-refractivity contribution in [1.82, 2.24) is 10.2 Å². The Balaban J connectivity index is 1.28. The lowest BCUT2D eigenvalue weighted by molar-refractivity contribution is -0.119. The SMILES string of the molecule is O=C1Cc2ccccc2C(c2ccccc2)=NC1Nc1nnc(-c2cccc(N3CCOCC3)c2)o1. The molecule has 1 unspecified atom stereocenters. The molecule has 8 heteroatoms. The van der Waals surface area contributed by atoms with Gasteiger partial charge in [0.05, 0.1) is 18.9 Å². The second-order valence-electron chi connectivity index (χ2n) is 8.75. The number of aliphatic imine (C=N–C) groups is 1. The van der Waals surface area contributed by atoms with Crippen LogP contribution in [0.1, 0.15) is 16.7 Å². The Kier molecular flexibility index (Phi) is 6.01. The molecule has 1 atom stereocenters. The van der Waals surface area contributed by atoms with Gasteiger partial charge < -0.3 is 19.4 Å². The molecule has 180 valence electrons. The number of hydrogen-bond acceptors (Lipinski definition) is 8. The molecule has 0 amide bonds. The average molecular weight is 480 g/mol. The van der Waals surface area contributed by atoms with E-state index in [1.165, 1.54) is 0 Å². The summed E-state index contributed by atoms with van der Waals surface area (Å²) in [5, 5.41) is 11.4. The number of Topliss-reactive ketones (excluding diaryl/α,β-unsaturated/α-hetero) is 1. The van der Waals surface area contributed by atoms with Gasteiger partial charge >= 0.3 is 6.01 Å². The van der Waals surface area contributed by atoms with Crippen LogP contribution < -0.4 is 10.2 Å². The first-order chi connectivity index (χ1) is 17.7. The van der Waals surface area contributed by atoms with Crippen molar-refractivity contribution in [2.45, 2.75) is 12.6 Å². The molecule has 1 fully saturated rings. The zero-order valence-electron chi connectivity index (χ0n) is 19.6. The largest absolute Gasteiger partial charge is 0.403 e. The third-order valence-corrected chi connectivity index (χ3v) is 6.40. The number of ether oxygens (including phenoxy) is 1. The highest BCUT2D eigenvalue weighted by Crippen LogP contribution is 2.27. The number of hydrogen-bond donors (Lipinski definition) is 1. The van der Waals surface area contributed by atoms with Gasteiger partial charge in [-0.25, -0.2) is 0 Å². The second-order valence-corrected chi connectivity index (χ2v) is 8.75. The maximum absolute atomic E-state index is 13.2. The molecule has 1 aromatic heterocycles. The molecule has 3 heterocycles. The number of rotatable bonds is 5. The maximum atomic E-state index is 13.2. The Hall–Kier alpha value is -4.30. The first-order valence-corrected chi connectivity index (χ1v) is 12.0. The minimum absolute atomic E-state index is 0.0672. The summed E-state index contributed by atoms with van der Waals surface area (Å²) < 4.78 is 11.4. The van der Waals surface area contributed by atoms with Crippen molar-refractivity contribution in [3.63, 3.8) is 0 Å². The summed E-state index contributed by atoms with van der Waals surface area (Å²) in [4.78, 5) is 20.3. The van der Waals surface area contributed by atoms with E-state index >= 15 is 0 Å². The van der Waals surface area contributed by atoms with E-state index < -0.39 is 6.17 Å². The first kappa shape index (κ1) is 22.2. The summed E-state index contributed by atoms with van der Waals surface area (Å²) >= 11 is 0. The number of benzene rings is 3. The summed E-state index contributed by atoms with van der Waals surface area (Å²) in [6.45, 7) is 3.11. The van der Waals surface area contributed by atoms with Gasteiger partial charge in [0.25, 0.3) is 0 Å². The van der Waals surface area contributed by atoms with Gasteiger partial charge in [0.2, 0.25) is 5.89 Å². The number of carbonyl (C=O) groups is 1.